The van der Waals surface area contributed by atoms with Crippen LogP contribution >= 0.6 is 0 Å². The van der Waals surface area contributed by atoms with E-state index in [9.17, 15) is 9.59 Å². The van der Waals surface area contributed by atoms with Gasteiger partial charge in [0.2, 0.25) is 5.91 Å². The highest BCUT2D eigenvalue weighted by atomic mass is 16.2. The zero-order chi connectivity index (χ0) is 11.3. The maximum Gasteiger partial charge on any atom is 0.223 e. The molecule has 1 atom stereocenters. The summed E-state index contributed by atoms with van der Waals surface area (Å²) in [5, 5.41) is 0. The highest BCUT2D eigenvalue weighted by molar-refractivity contribution is 5.81. The van der Waals surface area contributed by atoms with Gasteiger partial charge in [-0.1, -0.05) is 30.3 Å². The summed E-state index contributed by atoms with van der Waals surface area (Å²) in [5.74, 6) is -0.364. The van der Waals surface area contributed by atoms with Crippen LogP contribution in [0.1, 0.15) is 17.9 Å². The largest absolute Gasteiger partial charge is 0.349 e. The lowest BCUT2D eigenvalue weighted by Gasteiger charge is -2.14. The van der Waals surface area contributed by atoms with Gasteiger partial charge >= 0.3 is 0 Å². The first-order chi connectivity index (χ1) is 7.15. The summed E-state index contributed by atoms with van der Waals surface area (Å²) in [7, 11) is 3.38. The third-order valence-electron chi connectivity index (χ3n) is 2.29. The summed E-state index contributed by atoms with van der Waals surface area (Å²) in [6.45, 7) is 0. The van der Waals surface area contributed by atoms with Crippen molar-refractivity contribution in [3.8, 4) is 0 Å². The summed E-state index contributed by atoms with van der Waals surface area (Å²) in [6.07, 6.45) is 1.07. The van der Waals surface area contributed by atoms with Gasteiger partial charge in [-0.05, 0) is 5.56 Å². The molecular formula is C12H15NO2. The second-order valence-corrected chi connectivity index (χ2v) is 3.65. The summed E-state index contributed by atoms with van der Waals surface area (Å²) in [4.78, 5) is 23.8. The molecule has 0 radical (unpaired) electrons. The second kappa shape index (κ2) is 5.29. The Labute approximate surface area is 89.7 Å². The normalized spacial score (nSPS) is 11.9. The minimum absolute atomic E-state index is 0.0315. The SMILES string of the molecule is CN(C)C(=O)CC(C=O)c1ccccc1. The van der Waals surface area contributed by atoms with E-state index in [-0.39, 0.29) is 18.2 Å². The number of rotatable bonds is 4. The molecule has 3 heteroatoms. The lowest BCUT2D eigenvalue weighted by molar-refractivity contribution is -0.130. The number of hydrogen-bond acceptors (Lipinski definition) is 2. The molecule has 0 heterocycles. The summed E-state index contributed by atoms with van der Waals surface area (Å²) >= 11 is 0. The Morgan fingerprint density at radius 3 is 2.40 bits per heavy atom. The fourth-order valence-corrected chi connectivity index (χ4v) is 1.32. The standard InChI is InChI=1S/C12H15NO2/c1-13(2)12(15)8-11(9-14)10-6-4-3-5-7-10/h3-7,9,11H,8H2,1-2H3. The average molecular weight is 205 g/mol. The van der Waals surface area contributed by atoms with Crippen LogP contribution in [0.5, 0.6) is 0 Å². The average Bonchev–Trinajstić information content (AvgIpc) is 2.26. The van der Waals surface area contributed by atoms with Gasteiger partial charge < -0.3 is 9.69 Å². The first kappa shape index (κ1) is 11.4. The van der Waals surface area contributed by atoms with Crippen LogP contribution in [0.3, 0.4) is 0 Å². The Balaban J connectivity index is 2.73. The Morgan fingerprint density at radius 1 is 1.33 bits per heavy atom. The molecule has 0 saturated carbocycles. The van der Waals surface area contributed by atoms with Crippen LogP contribution in [0.4, 0.5) is 0 Å². The van der Waals surface area contributed by atoms with Gasteiger partial charge in [-0.15, -0.1) is 0 Å². The van der Waals surface area contributed by atoms with Crippen molar-refractivity contribution in [3.63, 3.8) is 0 Å². The van der Waals surface area contributed by atoms with E-state index in [1.54, 1.807) is 14.1 Å². The number of nitrogens with zero attached hydrogens (tertiary/aromatic N) is 1. The van der Waals surface area contributed by atoms with Crippen LogP contribution in [-0.2, 0) is 9.59 Å². The molecule has 1 unspecified atom stereocenters. The lowest BCUT2D eigenvalue weighted by atomic mass is 9.97. The number of carbonyl (C=O) groups excluding carboxylic acids is 2. The van der Waals surface area contributed by atoms with Crippen LogP contribution in [0, 0.1) is 0 Å². The third-order valence-corrected chi connectivity index (χ3v) is 2.29. The molecule has 0 aliphatic carbocycles. The molecule has 15 heavy (non-hydrogen) atoms. The van der Waals surface area contributed by atoms with Crippen LogP contribution in [0.25, 0.3) is 0 Å². The molecule has 0 bridgehead atoms. The van der Waals surface area contributed by atoms with Crippen molar-refractivity contribution in [2.45, 2.75) is 12.3 Å². The zero-order valence-electron chi connectivity index (χ0n) is 9.01. The number of benzene rings is 1. The minimum atomic E-state index is -0.332. The molecule has 0 spiro atoms. The van der Waals surface area contributed by atoms with Gasteiger partial charge in [-0.3, -0.25) is 4.79 Å². The molecular weight excluding hydrogens is 190 g/mol. The van der Waals surface area contributed by atoms with E-state index in [2.05, 4.69) is 0 Å². The quantitative estimate of drug-likeness (QED) is 0.698. The monoisotopic (exact) mass is 205 g/mol. The van der Waals surface area contributed by atoms with E-state index in [0.717, 1.165) is 11.8 Å². The number of amides is 1. The number of aldehydes is 1. The summed E-state index contributed by atoms with van der Waals surface area (Å²) in [6, 6.07) is 9.35. The fraction of sp³-hybridized carbons (Fsp3) is 0.333. The molecule has 0 saturated heterocycles. The molecule has 0 fully saturated rings. The van der Waals surface area contributed by atoms with E-state index < -0.39 is 0 Å². The molecule has 0 aromatic heterocycles. The highest BCUT2D eigenvalue weighted by Gasteiger charge is 2.15. The molecule has 0 aliphatic rings. The van der Waals surface area contributed by atoms with Crippen molar-refractivity contribution in [3.05, 3.63) is 35.9 Å². The fourth-order valence-electron chi connectivity index (χ4n) is 1.32. The van der Waals surface area contributed by atoms with Gasteiger partial charge in [0, 0.05) is 26.4 Å². The maximum absolute atomic E-state index is 11.5. The Hall–Kier alpha value is -1.64. The van der Waals surface area contributed by atoms with Gasteiger partial charge in [0.05, 0.1) is 0 Å². The number of carbonyl (C=O) groups is 2. The Kier molecular flexibility index (Phi) is 4.03. The topological polar surface area (TPSA) is 37.4 Å². The lowest BCUT2D eigenvalue weighted by Crippen LogP contribution is -2.24. The smallest absolute Gasteiger partial charge is 0.223 e. The van der Waals surface area contributed by atoms with Gasteiger partial charge in [0.25, 0.3) is 0 Å². The third kappa shape index (κ3) is 3.20. The molecule has 1 rings (SSSR count). The predicted molar refractivity (Wildman–Crippen MR) is 58.6 cm³/mol. The number of hydrogen-bond donors (Lipinski definition) is 0. The molecule has 80 valence electrons. The Morgan fingerprint density at radius 2 is 1.93 bits per heavy atom. The van der Waals surface area contributed by atoms with Crippen LogP contribution < -0.4 is 0 Å². The molecule has 1 aromatic rings. The van der Waals surface area contributed by atoms with Crippen molar-refractivity contribution >= 4 is 12.2 Å². The highest BCUT2D eigenvalue weighted by Crippen LogP contribution is 2.17. The van der Waals surface area contributed by atoms with Crippen molar-refractivity contribution < 1.29 is 9.59 Å². The van der Waals surface area contributed by atoms with Crippen molar-refractivity contribution in [1.29, 1.82) is 0 Å². The maximum atomic E-state index is 11.5. The van der Waals surface area contributed by atoms with Crippen molar-refractivity contribution in [2.24, 2.45) is 0 Å². The second-order valence-electron chi connectivity index (χ2n) is 3.65. The molecule has 0 N–H and O–H groups in total. The van der Waals surface area contributed by atoms with Crippen LogP contribution in [0.15, 0.2) is 30.3 Å². The summed E-state index contributed by atoms with van der Waals surface area (Å²) in [5.41, 5.74) is 0.891. The van der Waals surface area contributed by atoms with E-state index >= 15 is 0 Å². The predicted octanol–water partition coefficient (Wildman–Crippen LogP) is 1.45. The summed E-state index contributed by atoms with van der Waals surface area (Å²) < 4.78 is 0. The van der Waals surface area contributed by atoms with Crippen molar-refractivity contribution in [2.75, 3.05) is 14.1 Å². The first-order valence-corrected chi connectivity index (χ1v) is 4.85. The first-order valence-electron chi connectivity index (χ1n) is 4.85. The van der Waals surface area contributed by atoms with Gasteiger partial charge in [-0.2, -0.15) is 0 Å². The van der Waals surface area contributed by atoms with Crippen LogP contribution in [0.2, 0.25) is 0 Å². The van der Waals surface area contributed by atoms with E-state index in [1.165, 1.54) is 4.90 Å². The van der Waals surface area contributed by atoms with Gasteiger partial charge in [-0.25, -0.2) is 0 Å². The van der Waals surface area contributed by atoms with Crippen LogP contribution in [-0.4, -0.2) is 31.2 Å². The Bertz CT molecular complexity index is 333. The van der Waals surface area contributed by atoms with Crippen molar-refractivity contribution in [1.82, 2.24) is 4.90 Å². The van der Waals surface area contributed by atoms with E-state index in [1.807, 2.05) is 30.3 Å². The van der Waals surface area contributed by atoms with E-state index in [0.29, 0.717) is 0 Å². The van der Waals surface area contributed by atoms with E-state index in [4.69, 9.17) is 0 Å². The van der Waals surface area contributed by atoms with Gasteiger partial charge in [0.1, 0.15) is 6.29 Å². The van der Waals surface area contributed by atoms with Gasteiger partial charge in [0.15, 0.2) is 0 Å². The zero-order valence-corrected chi connectivity index (χ0v) is 9.01. The molecule has 0 aliphatic heterocycles. The molecule has 1 aromatic carbocycles. The molecule has 3 nitrogen and oxygen atoms in total. The minimum Gasteiger partial charge on any atom is -0.349 e. The molecule has 1 amide bonds.